The molecular weight excluding hydrogens is 176 g/mol. The number of anilines is 1. The smallest absolute Gasteiger partial charge is 0.239 e. The number of nitrogens with zero attached hydrogens (tertiary/aromatic N) is 1. The molecule has 1 N–H and O–H groups in total. The first-order valence-corrected chi connectivity index (χ1v) is 4.18. The van der Waals surface area contributed by atoms with Crippen LogP contribution in [0.2, 0.25) is 5.02 Å². The number of pyridine rings is 1. The molecule has 0 spiro atoms. The lowest BCUT2D eigenvalue weighted by Crippen LogP contribution is -2.19. The summed E-state index contributed by atoms with van der Waals surface area (Å²) in [6, 6.07) is 0. The summed E-state index contributed by atoms with van der Waals surface area (Å²) in [4.78, 5) is 4.11. The van der Waals surface area contributed by atoms with Gasteiger partial charge in [0.05, 0.1) is 5.02 Å². The van der Waals surface area contributed by atoms with Crippen LogP contribution < -0.4 is 10.1 Å². The fraction of sp³-hybridized carbons (Fsp3) is 0.375. The Balaban J connectivity index is 2.54. The van der Waals surface area contributed by atoms with Gasteiger partial charge in [-0.1, -0.05) is 11.6 Å². The zero-order chi connectivity index (χ0) is 8.55. The average Bonchev–Trinajstić information content (AvgIpc) is 2.12. The molecule has 1 aliphatic heterocycles. The number of halogens is 1. The maximum absolute atomic E-state index is 6.03. The van der Waals surface area contributed by atoms with E-state index in [1.807, 2.05) is 6.92 Å². The van der Waals surface area contributed by atoms with Crippen molar-refractivity contribution in [2.45, 2.75) is 6.92 Å². The Kier molecular flexibility index (Phi) is 1.81. The lowest BCUT2D eigenvalue weighted by molar-refractivity contribution is 0.310. The Morgan fingerprint density at radius 2 is 2.50 bits per heavy atom. The number of hydrogen-bond acceptors (Lipinski definition) is 3. The van der Waals surface area contributed by atoms with E-state index in [0.29, 0.717) is 17.5 Å². The molecule has 1 aromatic rings. The van der Waals surface area contributed by atoms with Crippen molar-refractivity contribution in [3.63, 3.8) is 0 Å². The fourth-order valence-corrected chi connectivity index (χ4v) is 1.35. The zero-order valence-electron chi connectivity index (χ0n) is 6.72. The Morgan fingerprint density at radius 1 is 1.67 bits per heavy atom. The summed E-state index contributed by atoms with van der Waals surface area (Å²) in [7, 11) is 0. The highest BCUT2D eigenvalue weighted by molar-refractivity contribution is 6.34. The number of aryl methyl sites for hydroxylation is 1. The summed E-state index contributed by atoms with van der Waals surface area (Å²) < 4.78 is 5.30. The van der Waals surface area contributed by atoms with E-state index < -0.39 is 0 Å². The predicted octanol–water partition coefficient (Wildman–Crippen LogP) is 1.85. The van der Waals surface area contributed by atoms with Gasteiger partial charge in [0, 0.05) is 12.7 Å². The van der Waals surface area contributed by atoms with Crippen molar-refractivity contribution in [1.29, 1.82) is 0 Å². The van der Waals surface area contributed by atoms with Crippen LogP contribution in [0.25, 0.3) is 0 Å². The van der Waals surface area contributed by atoms with Gasteiger partial charge in [0.25, 0.3) is 0 Å². The van der Waals surface area contributed by atoms with Gasteiger partial charge in [0.1, 0.15) is 12.3 Å². The first-order valence-electron chi connectivity index (χ1n) is 3.81. The number of hydrogen-bond donors (Lipinski definition) is 1. The predicted molar refractivity (Wildman–Crippen MR) is 48.0 cm³/mol. The van der Waals surface area contributed by atoms with E-state index in [1.54, 1.807) is 6.20 Å². The van der Waals surface area contributed by atoms with Crippen LogP contribution in [-0.4, -0.2) is 18.1 Å². The molecule has 3 nitrogen and oxygen atoms in total. The van der Waals surface area contributed by atoms with Crippen LogP contribution in [0.1, 0.15) is 5.56 Å². The van der Waals surface area contributed by atoms with Crippen LogP contribution in [0.15, 0.2) is 6.20 Å². The van der Waals surface area contributed by atoms with Crippen LogP contribution >= 0.6 is 11.6 Å². The van der Waals surface area contributed by atoms with E-state index in [9.17, 15) is 0 Å². The first kappa shape index (κ1) is 7.68. The van der Waals surface area contributed by atoms with Crippen molar-refractivity contribution < 1.29 is 4.74 Å². The van der Waals surface area contributed by atoms with E-state index in [-0.39, 0.29) is 0 Å². The van der Waals surface area contributed by atoms with E-state index in [4.69, 9.17) is 16.3 Å². The number of fused-ring (bicyclic) bond motifs is 1. The molecule has 12 heavy (non-hydrogen) atoms. The normalized spacial score (nSPS) is 14.5. The SMILES string of the molecule is Cc1cnc2c(c1Cl)NCCO2. The molecule has 0 bridgehead atoms. The standard InChI is InChI=1S/C8H9ClN2O/c1-5-4-11-8-7(6(5)9)10-2-3-12-8/h4,10H,2-3H2,1H3. The molecule has 0 aromatic carbocycles. The van der Waals surface area contributed by atoms with Crippen LogP contribution in [-0.2, 0) is 0 Å². The van der Waals surface area contributed by atoms with Crippen molar-refractivity contribution in [2.75, 3.05) is 18.5 Å². The molecule has 0 fully saturated rings. The summed E-state index contributed by atoms with van der Waals surface area (Å²) in [5, 5.41) is 3.86. The van der Waals surface area contributed by atoms with Gasteiger partial charge in [-0.3, -0.25) is 0 Å². The summed E-state index contributed by atoms with van der Waals surface area (Å²) in [6.07, 6.45) is 1.72. The zero-order valence-corrected chi connectivity index (χ0v) is 7.48. The summed E-state index contributed by atoms with van der Waals surface area (Å²) in [5.74, 6) is 0.608. The molecule has 4 heteroatoms. The molecule has 0 radical (unpaired) electrons. The third-order valence-electron chi connectivity index (χ3n) is 1.80. The summed E-state index contributed by atoms with van der Waals surface area (Å²) >= 11 is 6.03. The summed E-state index contributed by atoms with van der Waals surface area (Å²) in [5.41, 5.74) is 1.79. The first-order chi connectivity index (χ1) is 5.79. The summed E-state index contributed by atoms with van der Waals surface area (Å²) in [6.45, 7) is 3.36. The Labute approximate surface area is 75.7 Å². The molecule has 0 unspecified atom stereocenters. The molecule has 0 aliphatic carbocycles. The topological polar surface area (TPSA) is 34.2 Å². The second-order valence-corrected chi connectivity index (χ2v) is 3.09. The largest absolute Gasteiger partial charge is 0.474 e. The van der Waals surface area contributed by atoms with Crippen molar-refractivity contribution >= 4 is 17.3 Å². The van der Waals surface area contributed by atoms with Crippen molar-refractivity contribution in [2.24, 2.45) is 0 Å². The van der Waals surface area contributed by atoms with Gasteiger partial charge < -0.3 is 10.1 Å². The highest BCUT2D eigenvalue weighted by Gasteiger charge is 2.15. The molecule has 2 heterocycles. The van der Waals surface area contributed by atoms with Crippen molar-refractivity contribution in [1.82, 2.24) is 4.98 Å². The highest BCUT2D eigenvalue weighted by atomic mass is 35.5. The van der Waals surface area contributed by atoms with Gasteiger partial charge >= 0.3 is 0 Å². The molecular formula is C8H9ClN2O. The lowest BCUT2D eigenvalue weighted by Gasteiger charge is -2.19. The fourth-order valence-electron chi connectivity index (χ4n) is 1.15. The number of nitrogens with one attached hydrogen (secondary N) is 1. The van der Waals surface area contributed by atoms with Crippen LogP contribution in [0.5, 0.6) is 5.88 Å². The minimum Gasteiger partial charge on any atom is -0.474 e. The monoisotopic (exact) mass is 184 g/mol. The minimum atomic E-state index is 0.608. The number of aromatic nitrogens is 1. The van der Waals surface area contributed by atoms with Gasteiger partial charge in [-0.05, 0) is 12.5 Å². The average molecular weight is 185 g/mol. The van der Waals surface area contributed by atoms with Gasteiger partial charge in [-0.2, -0.15) is 0 Å². The highest BCUT2D eigenvalue weighted by Crippen LogP contribution is 2.34. The van der Waals surface area contributed by atoms with Gasteiger partial charge in [-0.15, -0.1) is 0 Å². The Morgan fingerprint density at radius 3 is 3.33 bits per heavy atom. The van der Waals surface area contributed by atoms with E-state index in [0.717, 1.165) is 17.8 Å². The maximum atomic E-state index is 6.03. The molecule has 1 aromatic heterocycles. The molecule has 0 atom stereocenters. The Hall–Kier alpha value is -0.960. The van der Waals surface area contributed by atoms with Crippen LogP contribution in [0.3, 0.4) is 0 Å². The van der Waals surface area contributed by atoms with Crippen molar-refractivity contribution in [3.05, 3.63) is 16.8 Å². The molecule has 0 amide bonds. The maximum Gasteiger partial charge on any atom is 0.239 e. The molecule has 64 valence electrons. The minimum absolute atomic E-state index is 0.608. The van der Waals surface area contributed by atoms with Gasteiger partial charge in [0.2, 0.25) is 5.88 Å². The van der Waals surface area contributed by atoms with Crippen molar-refractivity contribution in [3.8, 4) is 5.88 Å². The number of ether oxygens (including phenoxy) is 1. The third-order valence-corrected chi connectivity index (χ3v) is 2.28. The second-order valence-electron chi connectivity index (χ2n) is 2.71. The second kappa shape index (κ2) is 2.83. The third kappa shape index (κ3) is 1.10. The Bertz CT molecular complexity index is 314. The quantitative estimate of drug-likeness (QED) is 0.668. The molecule has 1 aliphatic rings. The van der Waals surface area contributed by atoms with Crippen LogP contribution in [0, 0.1) is 6.92 Å². The molecule has 2 rings (SSSR count). The van der Waals surface area contributed by atoms with E-state index in [1.165, 1.54) is 0 Å². The molecule has 0 saturated heterocycles. The van der Waals surface area contributed by atoms with E-state index >= 15 is 0 Å². The lowest BCUT2D eigenvalue weighted by atomic mass is 10.2. The van der Waals surface area contributed by atoms with Gasteiger partial charge in [0.15, 0.2) is 0 Å². The molecule has 0 saturated carbocycles. The van der Waals surface area contributed by atoms with Gasteiger partial charge in [-0.25, -0.2) is 4.98 Å². The van der Waals surface area contributed by atoms with Crippen LogP contribution in [0.4, 0.5) is 5.69 Å². The van der Waals surface area contributed by atoms with E-state index in [2.05, 4.69) is 10.3 Å². The number of rotatable bonds is 0.